The molecule has 10 nitrogen and oxygen atoms in total. The van der Waals surface area contributed by atoms with E-state index in [0.29, 0.717) is 0 Å². The van der Waals surface area contributed by atoms with E-state index in [4.69, 9.17) is 9.84 Å². The number of benzene rings is 1. The van der Waals surface area contributed by atoms with Crippen LogP contribution in [0.2, 0.25) is 0 Å². The van der Waals surface area contributed by atoms with Gasteiger partial charge in [-0.3, -0.25) is 14.9 Å². The molecule has 1 heterocycles. The number of nitro benzene ring substituents is 1. The molecule has 0 amide bonds. The molecule has 1 aromatic rings. The number of ether oxygens (including phenoxy) is 1. The average Bonchev–Trinajstić information content (AvgIpc) is 2.55. The van der Waals surface area contributed by atoms with Gasteiger partial charge in [0.25, 0.3) is 5.69 Å². The molecule has 1 saturated heterocycles. The Morgan fingerprint density at radius 2 is 2.04 bits per heavy atom. The van der Waals surface area contributed by atoms with Gasteiger partial charge in [-0.1, -0.05) is 0 Å². The van der Waals surface area contributed by atoms with Crippen molar-refractivity contribution in [2.75, 3.05) is 31.6 Å². The number of sulfonamides is 1. The molecule has 2 rings (SSSR count). The second kappa shape index (κ2) is 7.11. The van der Waals surface area contributed by atoms with Crippen LogP contribution in [-0.2, 0) is 19.6 Å². The van der Waals surface area contributed by atoms with Gasteiger partial charge in [-0.2, -0.15) is 4.31 Å². The number of carbonyl (C=O) groups is 1. The molecular formula is C13H17N3O7S. The number of nitro groups is 1. The summed E-state index contributed by atoms with van der Waals surface area (Å²) in [5.41, 5.74) is -0.391. The highest BCUT2D eigenvalue weighted by Gasteiger charge is 2.31. The van der Waals surface area contributed by atoms with E-state index < -0.39 is 32.6 Å². The van der Waals surface area contributed by atoms with Crippen LogP contribution in [0.25, 0.3) is 0 Å². The van der Waals surface area contributed by atoms with Crippen LogP contribution >= 0.6 is 0 Å². The summed E-state index contributed by atoms with van der Waals surface area (Å²) in [5.74, 6) is -1.18. The Balaban J connectivity index is 2.48. The van der Waals surface area contributed by atoms with Crippen molar-refractivity contribution < 1.29 is 28.0 Å². The lowest BCUT2D eigenvalue weighted by Crippen LogP contribution is -2.41. The van der Waals surface area contributed by atoms with E-state index in [0.717, 1.165) is 16.4 Å². The molecule has 1 aliphatic heterocycles. The second-order valence-corrected chi connectivity index (χ2v) is 7.06. The maximum absolute atomic E-state index is 12.8. The largest absolute Gasteiger partial charge is 0.480 e. The van der Waals surface area contributed by atoms with Crippen LogP contribution in [0.5, 0.6) is 0 Å². The van der Waals surface area contributed by atoms with Crippen molar-refractivity contribution in [3.63, 3.8) is 0 Å². The summed E-state index contributed by atoms with van der Waals surface area (Å²) in [6.07, 6.45) is 0. The molecule has 2 N–H and O–H groups in total. The molecule has 0 unspecified atom stereocenters. The minimum Gasteiger partial charge on any atom is -0.480 e. The number of nitrogens with one attached hydrogen (secondary N) is 1. The highest BCUT2D eigenvalue weighted by Crippen LogP contribution is 2.30. The molecule has 24 heavy (non-hydrogen) atoms. The third kappa shape index (κ3) is 3.80. The predicted octanol–water partition coefficient (Wildman–Crippen LogP) is 0.501. The zero-order valence-corrected chi connectivity index (χ0v) is 13.7. The SMILES string of the molecule is C[C@@H](Nc1ccc([N+](=O)[O-])cc1S(=O)(=O)N1CCOCC1)C(=O)O. The van der Waals surface area contributed by atoms with Crippen LogP contribution in [0.1, 0.15) is 6.92 Å². The smallest absolute Gasteiger partial charge is 0.325 e. The third-order valence-corrected chi connectivity index (χ3v) is 5.44. The molecule has 132 valence electrons. The van der Waals surface area contributed by atoms with E-state index in [1.807, 2.05) is 0 Å². The fourth-order valence-corrected chi connectivity index (χ4v) is 3.76. The third-order valence-electron chi connectivity index (χ3n) is 3.51. The number of carboxylic acid groups (broad SMARTS) is 1. The molecule has 1 fully saturated rings. The van der Waals surface area contributed by atoms with Crippen molar-refractivity contribution in [2.45, 2.75) is 17.9 Å². The maximum atomic E-state index is 12.8. The van der Waals surface area contributed by atoms with Gasteiger partial charge in [-0.25, -0.2) is 8.42 Å². The molecule has 0 spiro atoms. The van der Waals surface area contributed by atoms with E-state index in [1.165, 1.54) is 13.0 Å². The van der Waals surface area contributed by atoms with Gasteiger partial charge >= 0.3 is 5.97 Å². The normalized spacial score (nSPS) is 17.2. The van der Waals surface area contributed by atoms with Gasteiger partial charge in [0.05, 0.1) is 23.8 Å². The highest BCUT2D eigenvalue weighted by molar-refractivity contribution is 7.89. The van der Waals surface area contributed by atoms with Crippen molar-refractivity contribution in [1.82, 2.24) is 4.31 Å². The lowest BCUT2D eigenvalue weighted by molar-refractivity contribution is -0.385. The lowest BCUT2D eigenvalue weighted by Gasteiger charge is -2.27. The molecule has 0 saturated carbocycles. The van der Waals surface area contributed by atoms with Gasteiger partial charge in [0.15, 0.2) is 0 Å². The predicted molar refractivity (Wildman–Crippen MR) is 83.4 cm³/mol. The van der Waals surface area contributed by atoms with E-state index in [-0.39, 0.29) is 36.9 Å². The maximum Gasteiger partial charge on any atom is 0.325 e. The van der Waals surface area contributed by atoms with Gasteiger partial charge in [0.2, 0.25) is 10.0 Å². The number of hydrogen-bond donors (Lipinski definition) is 2. The van der Waals surface area contributed by atoms with Crippen LogP contribution in [0.15, 0.2) is 23.1 Å². The minimum atomic E-state index is -4.03. The molecule has 0 bridgehead atoms. The van der Waals surface area contributed by atoms with Crippen LogP contribution < -0.4 is 5.32 Å². The van der Waals surface area contributed by atoms with E-state index in [9.17, 15) is 23.3 Å². The molecular weight excluding hydrogens is 342 g/mol. The van der Waals surface area contributed by atoms with Crippen LogP contribution in [0, 0.1) is 10.1 Å². The monoisotopic (exact) mass is 359 g/mol. The Morgan fingerprint density at radius 3 is 2.58 bits per heavy atom. The Labute approximate surface area is 138 Å². The minimum absolute atomic E-state index is 0.00184. The standard InChI is InChI=1S/C13H17N3O7S/c1-9(13(17)18)14-11-3-2-10(16(19)20)8-12(11)24(21,22)15-4-6-23-7-5-15/h2-3,8-9,14H,4-7H2,1H3,(H,17,18)/t9-/m1/s1. The van der Waals surface area contributed by atoms with Crippen LogP contribution in [0.3, 0.4) is 0 Å². The topological polar surface area (TPSA) is 139 Å². The molecule has 0 aliphatic carbocycles. The van der Waals surface area contributed by atoms with E-state index in [2.05, 4.69) is 5.32 Å². The Bertz CT molecular complexity index is 744. The number of morpholine rings is 1. The van der Waals surface area contributed by atoms with Crippen molar-refractivity contribution in [3.8, 4) is 0 Å². The van der Waals surface area contributed by atoms with Crippen molar-refractivity contribution in [3.05, 3.63) is 28.3 Å². The molecule has 1 aromatic carbocycles. The number of aliphatic carboxylic acids is 1. The summed E-state index contributed by atoms with van der Waals surface area (Å²) in [4.78, 5) is 20.9. The van der Waals surface area contributed by atoms with Crippen LogP contribution in [0.4, 0.5) is 11.4 Å². The van der Waals surface area contributed by atoms with E-state index >= 15 is 0 Å². The first-order valence-electron chi connectivity index (χ1n) is 7.09. The second-order valence-electron chi connectivity index (χ2n) is 5.16. The zero-order valence-electron chi connectivity index (χ0n) is 12.8. The number of non-ortho nitro benzene ring substituents is 1. The van der Waals surface area contributed by atoms with Gasteiger partial charge < -0.3 is 15.2 Å². The number of carboxylic acids is 1. The first kappa shape index (κ1) is 18.1. The zero-order chi connectivity index (χ0) is 17.9. The summed E-state index contributed by atoms with van der Waals surface area (Å²) in [6, 6.07) is 2.19. The number of anilines is 1. The Morgan fingerprint density at radius 1 is 1.42 bits per heavy atom. The number of hydrogen-bond acceptors (Lipinski definition) is 7. The van der Waals surface area contributed by atoms with Gasteiger partial charge in [-0.15, -0.1) is 0 Å². The fraction of sp³-hybridized carbons (Fsp3) is 0.462. The summed E-state index contributed by atoms with van der Waals surface area (Å²) >= 11 is 0. The Hall–Kier alpha value is -2.24. The fourth-order valence-electron chi connectivity index (χ4n) is 2.18. The molecule has 0 aromatic heterocycles. The van der Waals surface area contributed by atoms with E-state index in [1.54, 1.807) is 0 Å². The first-order chi connectivity index (χ1) is 11.2. The van der Waals surface area contributed by atoms with Gasteiger partial charge in [0, 0.05) is 25.2 Å². The average molecular weight is 359 g/mol. The van der Waals surface area contributed by atoms with Gasteiger partial charge in [-0.05, 0) is 13.0 Å². The molecule has 1 aliphatic rings. The molecule has 1 atom stereocenters. The number of nitrogens with zero attached hydrogens (tertiary/aromatic N) is 2. The number of rotatable bonds is 6. The summed E-state index contributed by atoms with van der Waals surface area (Å²) in [5, 5.41) is 22.5. The first-order valence-corrected chi connectivity index (χ1v) is 8.53. The highest BCUT2D eigenvalue weighted by atomic mass is 32.2. The van der Waals surface area contributed by atoms with Crippen molar-refractivity contribution in [1.29, 1.82) is 0 Å². The van der Waals surface area contributed by atoms with Crippen molar-refractivity contribution in [2.24, 2.45) is 0 Å². The summed E-state index contributed by atoms with van der Waals surface area (Å²) in [7, 11) is -4.03. The summed E-state index contributed by atoms with van der Waals surface area (Å²) in [6.45, 7) is 2.04. The van der Waals surface area contributed by atoms with Crippen LogP contribution in [-0.4, -0.2) is 61.1 Å². The quantitative estimate of drug-likeness (QED) is 0.553. The molecule has 11 heteroatoms. The Kier molecular flexibility index (Phi) is 5.36. The van der Waals surface area contributed by atoms with Gasteiger partial charge in [0.1, 0.15) is 10.9 Å². The lowest BCUT2D eigenvalue weighted by atomic mass is 10.2. The molecule has 0 radical (unpaired) electrons. The summed E-state index contributed by atoms with van der Waals surface area (Å²) < 4.78 is 31.9. The van der Waals surface area contributed by atoms with Crippen molar-refractivity contribution >= 4 is 27.4 Å².